The van der Waals surface area contributed by atoms with Gasteiger partial charge < -0.3 is 20.9 Å². The number of rotatable bonds is 9. The van der Waals surface area contributed by atoms with Gasteiger partial charge in [-0.2, -0.15) is 11.8 Å². The van der Waals surface area contributed by atoms with E-state index in [0.717, 1.165) is 11.4 Å². The van der Waals surface area contributed by atoms with Crippen molar-refractivity contribution in [2.24, 2.45) is 5.73 Å². The number of carbonyl (C=O) groups excluding carboxylic acids is 2. The van der Waals surface area contributed by atoms with E-state index in [1.807, 2.05) is 13.1 Å². The fraction of sp³-hybridized carbons (Fsp3) is 0.667. The highest BCUT2D eigenvalue weighted by Crippen LogP contribution is 2.04. The lowest BCUT2D eigenvalue weighted by Crippen LogP contribution is -2.51. The van der Waals surface area contributed by atoms with Gasteiger partial charge in [0.05, 0.1) is 32.0 Å². The van der Waals surface area contributed by atoms with Crippen LogP contribution in [-0.4, -0.2) is 69.3 Å². The second-order valence-corrected chi connectivity index (χ2v) is 5.72. The van der Waals surface area contributed by atoms with Crippen LogP contribution < -0.4 is 11.1 Å². The number of amides is 1. The van der Waals surface area contributed by atoms with Gasteiger partial charge in [0, 0.05) is 17.7 Å². The molecule has 0 saturated heterocycles. The molecule has 1 heterocycles. The molecule has 0 saturated carbocycles. The summed E-state index contributed by atoms with van der Waals surface area (Å²) < 4.78 is 6.17. The molecule has 124 valence electrons. The highest BCUT2D eigenvalue weighted by Gasteiger charge is 2.23. The first-order chi connectivity index (χ1) is 10.5. The molecule has 1 amide bonds. The monoisotopic (exact) mass is 331 g/mol. The summed E-state index contributed by atoms with van der Waals surface area (Å²) in [6.07, 6.45) is 1.83. The molecule has 22 heavy (non-hydrogen) atoms. The Labute approximate surface area is 132 Å². The molecule has 4 N–H and O–H groups in total. The van der Waals surface area contributed by atoms with Gasteiger partial charge in [-0.25, -0.2) is 4.79 Å². The molecule has 0 aliphatic carbocycles. The molecule has 0 fully saturated rings. The van der Waals surface area contributed by atoms with Gasteiger partial charge in [0.15, 0.2) is 6.04 Å². The van der Waals surface area contributed by atoms with E-state index in [-0.39, 0.29) is 0 Å². The third kappa shape index (κ3) is 6.00. The number of methoxy groups -OCH3 is 1. The van der Waals surface area contributed by atoms with E-state index in [0.29, 0.717) is 12.3 Å². The predicted octanol–water partition coefficient (Wildman–Crippen LogP) is -1.70. The molecule has 0 radical (unpaired) electrons. The quantitative estimate of drug-likeness (QED) is 0.360. The lowest BCUT2D eigenvalue weighted by molar-refractivity contribution is -0.146. The highest BCUT2D eigenvalue weighted by molar-refractivity contribution is 7.99. The molecule has 1 aromatic rings. The maximum atomic E-state index is 11.8. The van der Waals surface area contributed by atoms with Gasteiger partial charge in [-0.1, -0.05) is 5.21 Å². The minimum atomic E-state index is -1.09. The van der Waals surface area contributed by atoms with E-state index < -0.39 is 30.6 Å². The van der Waals surface area contributed by atoms with Crippen molar-refractivity contribution < 1.29 is 19.4 Å². The summed E-state index contributed by atoms with van der Waals surface area (Å²) in [5.74, 6) is -0.103. The molecule has 0 aliphatic rings. The molecule has 0 aromatic carbocycles. The van der Waals surface area contributed by atoms with Crippen molar-refractivity contribution in [3.63, 3.8) is 0 Å². The van der Waals surface area contributed by atoms with Crippen LogP contribution in [0.5, 0.6) is 0 Å². The molecule has 0 aliphatic heterocycles. The summed E-state index contributed by atoms with van der Waals surface area (Å²) in [6.45, 7) is 1.99. The number of aryl methyl sites for hydroxylation is 2. The number of ether oxygens (including phenoxy) is 1. The van der Waals surface area contributed by atoms with E-state index >= 15 is 0 Å². The average molecular weight is 331 g/mol. The Hall–Kier alpha value is -1.65. The minimum absolute atomic E-state index is 0.388. The van der Waals surface area contributed by atoms with Crippen LogP contribution in [0.25, 0.3) is 0 Å². The number of hydrogen-bond donors (Lipinski definition) is 3. The molecule has 9 nitrogen and oxygen atoms in total. The summed E-state index contributed by atoms with van der Waals surface area (Å²) in [7, 11) is 1.18. The number of aliphatic hydroxyl groups excluding tert-OH is 1. The number of hydrogen-bond acceptors (Lipinski definition) is 8. The number of nitrogens with one attached hydrogen (secondary N) is 1. The van der Waals surface area contributed by atoms with E-state index in [1.165, 1.54) is 18.9 Å². The summed E-state index contributed by atoms with van der Waals surface area (Å²) in [6, 6.07) is -1.87. The largest absolute Gasteiger partial charge is 0.467 e. The molecular formula is C12H21N5O4S. The summed E-state index contributed by atoms with van der Waals surface area (Å²) in [5, 5.41) is 19.2. The first kappa shape index (κ1) is 18.4. The van der Waals surface area contributed by atoms with Crippen LogP contribution in [0.3, 0.4) is 0 Å². The Morgan fingerprint density at radius 3 is 2.86 bits per heavy atom. The Morgan fingerprint density at radius 2 is 2.32 bits per heavy atom. The van der Waals surface area contributed by atoms with Gasteiger partial charge >= 0.3 is 5.97 Å². The number of nitrogens with zero attached hydrogens (tertiary/aromatic N) is 3. The third-order valence-corrected chi connectivity index (χ3v) is 3.80. The summed E-state index contributed by atoms with van der Waals surface area (Å²) >= 11 is 1.49. The van der Waals surface area contributed by atoms with Crippen molar-refractivity contribution in [1.82, 2.24) is 20.3 Å². The normalized spacial score (nSPS) is 13.5. The second kappa shape index (κ2) is 9.38. The molecule has 10 heteroatoms. The second-order valence-electron chi connectivity index (χ2n) is 4.57. The van der Waals surface area contributed by atoms with Crippen LogP contribution in [0.2, 0.25) is 0 Å². The first-order valence-corrected chi connectivity index (χ1v) is 7.82. The minimum Gasteiger partial charge on any atom is -0.467 e. The SMILES string of the molecule is COC(=O)[C@H](CO)NC(=O)[C@@H](N)CSCCn1cc(C)nn1. The van der Waals surface area contributed by atoms with Gasteiger partial charge in [0.2, 0.25) is 5.91 Å². The maximum Gasteiger partial charge on any atom is 0.330 e. The van der Waals surface area contributed by atoms with Gasteiger partial charge in [0.25, 0.3) is 0 Å². The third-order valence-electron chi connectivity index (χ3n) is 2.74. The lowest BCUT2D eigenvalue weighted by atomic mass is 10.2. The molecule has 0 bridgehead atoms. The fourth-order valence-electron chi connectivity index (χ4n) is 1.55. The standard InChI is InChI=1S/C12H21N5O4S/c1-8-5-17(16-15-8)3-4-22-7-9(13)11(19)14-10(6-18)12(20)21-2/h5,9-10,18H,3-4,6-7,13H2,1-2H3,(H,14,19)/t9-,10-/m0/s1. The van der Waals surface area contributed by atoms with Crippen molar-refractivity contribution in [3.8, 4) is 0 Å². The topological polar surface area (TPSA) is 132 Å². The molecule has 2 atom stereocenters. The number of esters is 1. The van der Waals surface area contributed by atoms with Gasteiger partial charge in [-0.15, -0.1) is 5.10 Å². The Kier molecular flexibility index (Phi) is 7.85. The number of carbonyl (C=O) groups is 2. The zero-order valence-corrected chi connectivity index (χ0v) is 13.4. The average Bonchev–Trinajstić information content (AvgIpc) is 2.93. The van der Waals surface area contributed by atoms with Crippen molar-refractivity contribution in [3.05, 3.63) is 11.9 Å². The predicted molar refractivity (Wildman–Crippen MR) is 81.1 cm³/mol. The zero-order valence-electron chi connectivity index (χ0n) is 12.6. The number of nitrogens with two attached hydrogens (primary N) is 1. The van der Waals surface area contributed by atoms with Crippen LogP contribution in [0.15, 0.2) is 6.20 Å². The fourth-order valence-corrected chi connectivity index (χ4v) is 2.44. The molecule has 1 rings (SSSR count). The molecule has 0 spiro atoms. The maximum absolute atomic E-state index is 11.8. The molecular weight excluding hydrogens is 310 g/mol. The van der Waals surface area contributed by atoms with Crippen LogP contribution in [0.1, 0.15) is 5.69 Å². The van der Waals surface area contributed by atoms with Crippen molar-refractivity contribution in [2.45, 2.75) is 25.6 Å². The molecule has 0 unspecified atom stereocenters. The Bertz CT molecular complexity index is 496. The van der Waals surface area contributed by atoms with Crippen molar-refractivity contribution >= 4 is 23.6 Å². The lowest BCUT2D eigenvalue weighted by Gasteiger charge is -2.17. The number of aromatic nitrogens is 3. The van der Waals surface area contributed by atoms with E-state index in [4.69, 9.17) is 10.8 Å². The van der Waals surface area contributed by atoms with E-state index in [9.17, 15) is 9.59 Å². The highest BCUT2D eigenvalue weighted by atomic mass is 32.2. The zero-order chi connectivity index (χ0) is 16.5. The number of aliphatic hydroxyl groups is 1. The summed E-state index contributed by atoms with van der Waals surface area (Å²) in [5.41, 5.74) is 6.59. The van der Waals surface area contributed by atoms with Crippen LogP contribution in [-0.2, 0) is 20.9 Å². The Balaban J connectivity index is 2.27. The smallest absolute Gasteiger partial charge is 0.330 e. The van der Waals surface area contributed by atoms with Crippen LogP contribution in [0.4, 0.5) is 0 Å². The van der Waals surface area contributed by atoms with E-state index in [2.05, 4.69) is 20.4 Å². The van der Waals surface area contributed by atoms with Gasteiger partial charge in [-0.3, -0.25) is 9.48 Å². The van der Waals surface area contributed by atoms with Crippen LogP contribution >= 0.6 is 11.8 Å². The van der Waals surface area contributed by atoms with Gasteiger partial charge in [0.1, 0.15) is 0 Å². The molecule has 1 aromatic heterocycles. The summed E-state index contributed by atoms with van der Waals surface area (Å²) in [4.78, 5) is 23.1. The van der Waals surface area contributed by atoms with E-state index in [1.54, 1.807) is 4.68 Å². The van der Waals surface area contributed by atoms with Crippen molar-refractivity contribution in [1.29, 1.82) is 0 Å². The Morgan fingerprint density at radius 1 is 1.59 bits per heavy atom. The number of thioether (sulfide) groups is 1. The van der Waals surface area contributed by atoms with Gasteiger partial charge in [-0.05, 0) is 6.92 Å². The van der Waals surface area contributed by atoms with Crippen LogP contribution in [0, 0.1) is 6.92 Å². The first-order valence-electron chi connectivity index (χ1n) is 6.67. The van der Waals surface area contributed by atoms with Crippen molar-refractivity contribution in [2.75, 3.05) is 25.2 Å².